The maximum absolute atomic E-state index is 13.6. The number of piperazine rings is 1. The van der Waals surface area contributed by atoms with Crippen molar-refractivity contribution in [3.8, 4) is 17.2 Å². The number of aromatic nitrogens is 2. The van der Waals surface area contributed by atoms with Gasteiger partial charge in [-0.25, -0.2) is 0 Å². The molecule has 0 aliphatic carbocycles. The number of nitrogens with zero attached hydrogens (tertiary/aromatic N) is 4. The minimum atomic E-state index is -0.393. The zero-order chi connectivity index (χ0) is 26.5. The van der Waals surface area contributed by atoms with E-state index in [4.69, 9.17) is 16.3 Å². The first kappa shape index (κ1) is 25.5. The lowest BCUT2D eigenvalue weighted by Gasteiger charge is -2.34. The lowest BCUT2D eigenvalue weighted by Crippen LogP contribution is -2.48. The Balaban J connectivity index is 1.46. The van der Waals surface area contributed by atoms with Gasteiger partial charge >= 0.3 is 0 Å². The number of amides is 1. The van der Waals surface area contributed by atoms with E-state index in [1.54, 1.807) is 54.6 Å². The maximum Gasteiger partial charge on any atom is 0.299 e. The van der Waals surface area contributed by atoms with E-state index >= 15 is 0 Å². The van der Waals surface area contributed by atoms with Crippen LogP contribution in [-0.2, 0) is 0 Å². The van der Waals surface area contributed by atoms with E-state index < -0.39 is 5.56 Å². The van der Waals surface area contributed by atoms with Crippen LogP contribution < -0.4 is 15.6 Å². The van der Waals surface area contributed by atoms with Crippen molar-refractivity contribution in [2.24, 2.45) is 0 Å². The molecule has 38 heavy (non-hydrogen) atoms. The molecule has 0 radical (unpaired) electrons. The lowest BCUT2D eigenvalue weighted by atomic mass is 10.1. The molecule has 2 heterocycles. The minimum absolute atomic E-state index is 0.0292. The number of para-hydroxylation sites is 1. The highest BCUT2D eigenvalue weighted by molar-refractivity contribution is 6.30. The summed E-state index contributed by atoms with van der Waals surface area (Å²) in [6.07, 6.45) is 1.49. The van der Waals surface area contributed by atoms with E-state index in [1.165, 1.54) is 10.9 Å². The highest BCUT2D eigenvalue weighted by Gasteiger charge is 2.22. The van der Waals surface area contributed by atoms with E-state index in [-0.39, 0.29) is 17.3 Å². The zero-order valence-electron chi connectivity index (χ0n) is 21.0. The average Bonchev–Trinajstić information content (AvgIpc) is 2.96. The molecular weight excluding hydrogens is 502 g/mol. The molecule has 4 aromatic rings. The SMILES string of the molecule is CCN1CCN(C(=O)c2cccc(Nc3c(Oc4ccc(Cl)cc4)cnn(-c4ccccc4)c3=O)c2)CC1. The number of benzene rings is 3. The molecule has 5 rings (SSSR count). The summed E-state index contributed by atoms with van der Waals surface area (Å²) in [5, 5.41) is 8.10. The molecule has 1 aliphatic heterocycles. The van der Waals surface area contributed by atoms with Gasteiger partial charge in [0.2, 0.25) is 0 Å². The van der Waals surface area contributed by atoms with Crippen molar-refractivity contribution < 1.29 is 9.53 Å². The Kier molecular flexibility index (Phi) is 7.72. The summed E-state index contributed by atoms with van der Waals surface area (Å²) in [4.78, 5) is 31.0. The number of hydrogen-bond acceptors (Lipinski definition) is 6. The van der Waals surface area contributed by atoms with Gasteiger partial charge in [0, 0.05) is 42.5 Å². The molecule has 0 unspecified atom stereocenters. The molecular formula is C29H28ClN5O3. The molecule has 0 spiro atoms. The average molecular weight is 530 g/mol. The van der Waals surface area contributed by atoms with Crippen molar-refractivity contribution in [2.75, 3.05) is 38.0 Å². The van der Waals surface area contributed by atoms with Gasteiger partial charge in [-0.2, -0.15) is 9.78 Å². The Morgan fingerprint density at radius 2 is 1.71 bits per heavy atom. The molecule has 1 N–H and O–H groups in total. The quantitative estimate of drug-likeness (QED) is 0.354. The number of likely N-dealkylation sites (N-methyl/N-ethyl adjacent to an activating group) is 1. The third-order valence-corrected chi connectivity index (χ3v) is 6.72. The predicted molar refractivity (Wildman–Crippen MR) is 149 cm³/mol. The molecule has 1 aliphatic rings. The number of nitrogens with one attached hydrogen (secondary N) is 1. The monoisotopic (exact) mass is 529 g/mol. The van der Waals surface area contributed by atoms with Crippen LogP contribution in [0.1, 0.15) is 17.3 Å². The summed E-state index contributed by atoms with van der Waals surface area (Å²) >= 11 is 6.01. The standard InChI is InChI=1S/C29H28ClN5O3/c1-2-33-15-17-34(18-16-33)28(36)21-7-6-8-23(19-21)32-27-26(38-25-13-11-22(30)12-14-25)20-31-35(29(27)37)24-9-4-3-5-10-24/h3-14,19-20,32H,2,15-18H2,1H3. The molecule has 1 fully saturated rings. The van der Waals surface area contributed by atoms with Crippen molar-refractivity contribution >= 4 is 28.9 Å². The lowest BCUT2D eigenvalue weighted by molar-refractivity contribution is 0.0643. The van der Waals surface area contributed by atoms with Crippen LogP contribution in [0.15, 0.2) is 89.9 Å². The van der Waals surface area contributed by atoms with E-state index in [2.05, 4.69) is 22.2 Å². The van der Waals surface area contributed by atoms with E-state index in [0.717, 1.165) is 19.6 Å². The van der Waals surface area contributed by atoms with E-state index in [9.17, 15) is 9.59 Å². The number of anilines is 2. The highest BCUT2D eigenvalue weighted by atomic mass is 35.5. The van der Waals surface area contributed by atoms with E-state index in [1.807, 2.05) is 29.2 Å². The molecule has 0 bridgehead atoms. The first-order valence-corrected chi connectivity index (χ1v) is 12.9. The minimum Gasteiger partial charge on any atom is -0.453 e. The fourth-order valence-electron chi connectivity index (χ4n) is 4.34. The van der Waals surface area contributed by atoms with Crippen molar-refractivity contribution in [1.29, 1.82) is 0 Å². The second-order valence-electron chi connectivity index (χ2n) is 8.92. The fraction of sp³-hybridized carbons (Fsp3) is 0.207. The van der Waals surface area contributed by atoms with Gasteiger partial charge in [-0.05, 0) is 61.1 Å². The maximum atomic E-state index is 13.6. The Morgan fingerprint density at radius 3 is 2.42 bits per heavy atom. The van der Waals surface area contributed by atoms with Gasteiger partial charge in [0.1, 0.15) is 5.75 Å². The highest BCUT2D eigenvalue weighted by Crippen LogP contribution is 2.30. The van der Waals surface area contributed by atoms with Gasteiger partial charge in [-0.15, -0.1) is 0 Å². The summed E-state index contributed by atoms with van der Waals surface area (Å²) in [6.45, 7) is 6.21. The Hall–Kier alpha value is -4.14. The number of halogens is 1. The molecule has 1 amide bonds. The van der Waals surface area contributed by atoms with Gasteiger partial charge < -0.3 is 19.9 Å². The summed E-state index contributed by atoms with van der Waals surface area (Å²) < 4.78 is 7.33. The summed E-state index contributed by atoms with van der Waals surface area (Å²) in [6, 6.07) is 23.1. The third-order valence-electron chi connectivity index (χ3n) is 6.47. The second kappa shape index (κ2) is 11.5. The van der Waals surface area contributed by atoms with Crippen LogP contribution in [0, 0.1) is 0 Å². The van der Waals surface area contributed by atoms with Crippen molar-refractivity contribution in [1.82, 2.24) is 19.6 Å². The van der Waals surface area contributed by atoms with Crippen molar-refractivity contribution in [3.63, 3.8) is 0 Å². The molecule has 194 valence electrons. The number of ether oxygens (including phenoxy) is 1. The number of carbonyl (C=O) groups is 1. The molecule has 9 heteroatoms. The van der Waals surface area contributed by atoms with Crippen molar-refractivity contribution in [2.45, 2.75) is 6.92 Å². The third kappa shape index (κ3) is 5.72. The van der Waals surface area contributed by atoms with Crippen LogP contribution in [0.25, 0.3) is 5.69 Å². The van der Waals surface area contributed by atoms with Crippen LogP contribution in [0.2, 0.25) is 5.02 Å². The van der Waals surface area contributed by atoms with Gasteiger partial charge in [-0.1, -0.05) is 42.8 Å². The number of hydrogen-bond donors (Lipinski definition) is 1. The first-order valence-electron chi connectivity index (χ1n) is 12.5. The van der Waals surface area contributed by atoms with Crippen LogP contribution in [0.3, 0.4) is 0 Å². The number of carbonyl (C=O) groups excluding carboxylic acids is 1. The summed E-state index contributed by atoms with van der Waals surface area (Å²) in [5.74, 6) is 0.724. The number of rotatable bonds is 7. The van der Waals surface area contributed by atoms with Gasteiger partial charge in [-0.3, -0.25) is 9.59 Å². The zero-order valence-corrected chi connectivity index (χ0v) is 21.8. The normalized spacial score (nSPS) is 13.8. The van der Waals surface area contributed by atoms with Crippen LogP contribution >= 0.6 is 11.6 Å². The van der Waals surface area contributed by atoms with Crippen molar-refractivity contribution in [3.05, 3.63) is 106 Å². The Morgan fingerprint density at radius 1 is 0.974 bits per heavy atom. The van der Waals surface area contributed by atoms with Crippen LogP contribution in [0.5, 0.6) is 11.5 Å². The molecule has 3 aromatic carbocycles. The predicted octanol–water partition coefficient (Wildman–Crippen LogP) is 5.20. The van der Waals surface area contributed by atoms with Gasteiger partial charge in [0.25, 0.3) is 11.5 Å². The van der Waals surface area contributed by atoms with Crippen LogP contribution in [-0.4, -0.2) is 58.2 Å². The van der Waals surface area contributed by atoms with E-state index in [0.29, 0.717) is 40.8 Å². The summed E-state index contributed by atoms with van der Waals surface area (Å²) in [7, 11) is 0. The van der Waals surface area contributed by atoms with Gasteiger partial charge in [0.15, 0.2) is 11.4 Å². The molecule has 0 atom stereocenters. The fourth-order valence-corrected chi connectivity index (χ4v) is 4.46. The Labute approximate surface area is 226 Å². The molecule has 0 saturated carbocycles. The molecule has 8 nitrogen and oxygen atoms in total. The second-order valence-corrected chi connectivity index (χ2v) is 9.36. The molecule has 1 aromatic heterocycles. The first-order chi connectivity index (χ1) is 18.5. The topological polar surface area (TPSA) is 79.7 Å². The smallest absolute Gasteiger partial charge is 0.299 e. The summed E-state index contributed by atoms with van der Waals surface area (Å²) in [5.41, 5.74) is 1.56. The Bertz CT molecular complexity index is 1470. The molecule has 1 saturated heterocycles. The van der Waals surface area contributed by atoms with Gasteiger partial charge in [0.05, 0.1) is 11.9 Å². The van der Waals surface area contributed by atoms with Crippen LogP contribution in [0.4, 0.5) is 11.4 Å². The largest absolute Gasteiger partial charge is 0.453 e.